The van der Waals surface area contributed by atoms with E-state index in [0.717, 1.165) is 22.0 Å². The van der Waals surface area contributed by atoms with Gasteiger partial charge in [0.25, 0.3) is 5.56 Å². The molecule has 0 saturated heterocycles. The van der Waals surface area contributed by atoms with Crippen LogP contribution in [0, 0.1) is 0 Å². The van der Waals surface area contributed by atoms with Crippen LogP contribution in [0.1, 0.15) is 37.9 Å². The molecule has 0 spiro atoms. The molecule has 5 rings (SSSR count). The first-order valence-electron chi connectivity index (χ1n) is 11.9. The molecule has 0 unspecified atom stereocenters. The highest BCUT2D eigenvalue weighted by molar-refractivity contribution is 7.07. The van der Waals surface area contributed by atoms with Crippen molar-refractivity contribution in [3.63, 3.8) is 0 Å². The van der Waals surface area contributed by atoms with Gasteiger partial charge in [0, 0.05) is 35.3 Å². The number of rotatable bonds is 6. The molecule has 0 aliphatic carbocycles. The SMILES string of the molecule is CCOC(=O)C1=C(C)N=c2s/c(=C/c3cn(C)c4ccccc34)c(=O)n2[C@H]1c1ccccc1OCC. The van der Waals surface area contributed by atoms with Gasteiger partial charge in [-0.1, -0.05) is 47.7 Å². The lowest BCUT2D eigenvalue weighted by Gasteiger charge is -2.26. The molecular weight excluding hydrogens is 474 g/mol. The van der Waals surface area contributed by atoms with Crippen molar-refractivity contribution in [2.45, 2.75) is 26.8 Å². The maximum absolute atomic E-state index is 13.9. The fourth-order valence-corrected chi connectivity index (χ4v) is 5.75. The van der Waals surface area contributed by atoms with Crippen molar-refractivity contribution in [3.05, 3.63) is 96.8 Å². The number of aromatic nitrogens is 2. The predicted molar refractivity (Wildman–Crippen MR) is 141 cm³/mol. The lowest BCUT2D eigenvalue weighted by atomic mass is 9.95. The molecular formula is C28H27N3O4S. The van der Waals surface area contributed by atoms with Crippen molar-refractivity contribution >= 4 is 34.3 Å². The number of para-hydroxylation sites is 2. The van der Waals surface area contributed by atoms with Gasteiger partial charge in [0.05, 0.1) is 29.0 Å². The molecule has 0 amide bonds. The Morgan fingerprint density at radius 3 is 2.64 bits per heavy atom. The second-order valence-electron chi connectivity index (χ2n) is 8.49. The minimum Gasteiger partial charge on any atom is -0.494 e. The zero-order valence-electron chi connectivity index (χ0n) is 20.6. The average Bonchev–Trinajstić information content (AvgIpc) is 3.35. The Labute approximate surface area is 212 Å². The van der Waals surface area contributed by atoms with E-state index in [1.165, 1.54) is 11.3 Å². The van der Waals surface area contributed by atoms with Gasteiger partial charge < -0.3 is 14.0 Å². The van der Waals surface area contributed by atoms with E-state index in [4.69, 9.17) is 9.47 Å². The van der Waals surface area contributed by atoms with Crippen molar-refractivity contribution in [2.24, 2.45) is 12.0 Å². The minimum absolute atomic E-state index is 0.211. The molecule has 184 valence electrons. The number of hydrogen-bond acceptors (Lipinski definition) is 6. The molecule has 1 aliphatic heterocycles. The van der Waals surface area contributed by atoms with Gasteiger partial charge in [-0.25, -0.2) is 9.79 Å². The molecule has 8 heteroatoms. The topological polar surface area (TPSA) is 74.8 Å². The Morgan fingerprint density at radius 2 is 1.86 bits per heavy atom. The minimum atomic E-state index is -0.710. The molecule has 1 atom stereocenters. The number of carbonyl (C=O) groups is 1. The maximum atomic E-state index is 13.9. The Bertz CT molecular complexity index is 1690. The van der Waals surface area contributed by atoms with Crippen molar-refractivity contribution in [3.8, 4) is 5.75 Å². The summed E-state index contributed by atoms with van der Waals surface area (Å²) in [5.74, 6) is 0.128. The molecule has 0 saturated carbocycles. The molecule has 0 fully saturated rings. The average molecular weight is 502 g/mol. The van der Waals surface area contributed by atoms with Gasteiger partial charge in [-0.2, -0.15) is 0 Å². The van der Waals surface area contributed by atoms with Crippen LogP contribution < -0.4 is 19.6 Å². The Kier molecular flexibility index (Phi) is 6.36. The fourth-order valence-electron chi connectivity index (χ4n) is 4.71. The van der Waals surface area contributed by atoms with Gasteiger partial charge in [-0.05, 0) is 39.0 Å². The molecule has 2 aromatic heterocycles. The van der Waals surface area contributed by atoms with E-state index in [1.54, 1.807) is 18.4 Å². The first-order chi connectivity index (χ1) is 17.4. The number of ether oxygens (including phenoxy) is 2. The number of fused-ring (bicyclic) bond motifs is 2. The second kappa shape index (κ2) is 9.62. The van der Waals surface area contributed by atoms with E-state index in [9.17, 15) is 9.59 Å². The summed E-state index contributed by atoms with van der Waals surface area (Å²) < 4.78 is 15.5. The van der Waals surface area contributed by atoms with E-state index in [1.807, 2.05) is 79.3 Å². The van der Waals surface area contributed by atoms with Crippen molar-refractivity contribution < 1.29 is 14.3 Å². The highest BCUT2D eigenvalue weighted by Crippen LogP contribution is 2.35. The van der Waals surface area contributed by atoms with Gasteiger partial charge in [0.1, 0.15) is 11.8 Å². The summed E-state index contributed by atoms with van der Waals surface area (Å²) in [5.41, 5.74) is 3.41. The third-order valence-electron chi connectivity index (χ3n) is 6.24. The third kappa shape index (κ3) is 3.97. The number of allylic oxidation sites excluding steroid dienone is 1. The monoisotopic (exact) mass is 501 g/mol. The highest BCUT2D eigenvalue weighted by atomic mass is 32.1. The van der Waals surface area contributed by atoms with Crippen LogP contribution in [0.3, 0.4) is 0 Å². The molecule has 2 aromatic carbocycles. The number of thiazole rings is 1. The smallest absolute Gasteiger partial charge is 0.338 e. The van der Waals surface area contributed by atoms with E-state index >= 15 is 0 Å². The number of nitrogens with zero attached hydrogens (tertiary/aromatic N) is 3. The van der Waals surface area contributed by atoms with Crippen LogP contribution in [-0.2, 0) is 16.6 Å². The van der Waals surface area contributed by atoms with Gasteiger partial charge in [0.2, 0.25) is 0 Å². The van der Waals surface area contributed by atoms with Crippen molar-refractivity contribution in [1.82, 2.24) is 9.13 Å². The predicted octanol–water partition coefficient (Wildman–Crippen LogP) is 3.69. The third-order valence-corrected chi connectivity index (χ3v) is 7.23. The summed E-state index contributed by atoms with van der Waals surface area (Å²) in [4.78, 5) is 32.2. The molecule has 36 heavy (non-hydrogen) atoms. The Balaban J connectivity index is 1.77. The number of benzene rings is 2. The fraction of sp³-hybridized carbons (Fsp3) is 0.250. The first-order valence-corrected chi connectivity index (χ1v) is 12.7. The van der Waals surface area contributed by atoms with Crippen LogP contribution in [0.25, 0.3) is 17.0 Å². The van der Waals surface area contributed by atoms with E-state index in [2.05, 4.69) is 4.99 Å². The Hall–Kier alpha value is -3.91. The number of aryl methyl sites for hydroxylation is 1. The molecule has 4 aromatic rings. The van der Waals surface area contributed by atoms with Gasteiger partial charge >= 0.3 is 5.97 Å². The maximum Gasteiger partial charge on any atom is 0.338 e. The van der Waals surface area contributed by atoms with Crippen LogP contribution in [0.5, 0.6) is 5.75 Å². The standard InChI is InChI=1S/C28H27N3O4S/c1-5-34-22-14-10-8-12-20(22)25-24(27(33)35-6-2)17(3)29-28-31(25)26(32)23(36-28)15-18-16-30(4)21-13-9-7-11-19(18)21/h7-16,25H,5-6H2,1-4H3/b23-15+/t25-/m0/s1. The largest absolute Gasteiger partial charge is 0.494 e. The summed E-state index contributed by atoms with van der Waals surface area (Å²) in [6.45, 7) is 6.12. The molecule has 0 N–H and O–H groups in total. The van der Waals surface area contributed by atoms with Crippen molar-refractivity contribution in [1.29, 1.82) is 0 Å². The summed E-state index contributed by atoms with van der Waals surface area (Å²) in [7, 11) is 1.99. The number of hydrogen-bond donors (Lipinski definition) is 0. The number of carbonyl (C=O) groups excluding carboxylic acids is 1. The van der Waals surface area contributed by atoms with Crippen LogP contribution >= 0.6 is 11.3 Å². The van der Waals surface area contributed by atoms with E-state index < -0.39 is 12.0 Å². The molecule has 1 aliphatic rings. The summed E-state index contributed by atoms with van der Waals surface area (Å²) in [6.07, 6.45) is 3.92. The lowest BCUT2D eigenvalue weighted by Crippen LogP contribution is -2.40. The van der Waals surface area contributed by atoms with Crippen LogP contribution in [-0.4, -0.2) is 28.3 Å². The quantitative estimate of drug-likeness (QED) is 0.378. The summed E-state index contributed by atoms with van der Waals surface area (Å²) in [6, 6.07) is 14.9. The van der Waals surface area contributed by atoms with E-state index in [-0.39, 0.29) is 12.2 Å². The van der Waals surface area contributed by atoms with Gasteiger partial charge in [-0.15, -0.1) is 0 Å². The van der Waals surface area contributed by atoms with Gasteiger partial charge in [0.15, 0.2) is 4.80 Å². The van der Waals surface area contributed by atoms with Crippen LogP contribution in [0.2, 0.25) is 0 Å². The van der Waals surface area contributed by atoms with E-state index in [0.29, 0.717) is 33.0 Å². The number of esters is 1. The molecule has 0 bridgehead atoms. The van der Waals surface area contributed by atoms with Gasteiger partial charge in [-0.3, -0.25) is 9.36 Å². The summed E-state index contributed by atoms with van der Waals surface area (Å²) in [5, 5.41) is 1.06. The summed E-state index contributed by atoms with van der Waals surface area (Å²) >= 11 is 1.31. The van der Waals surface area contributed by atoms with Crippen molar-refractivity contribution in [2.75, 3.05) is 13.2 Å². The van der Waals surface area contributed by atoms with Crippen LogP contribution in [0.15, 0.2) is 75.8 Å². The van der Waals surface area contributed by atoms with Crippen LogP contribution in [0.4, 0.5) is 0 Å². The highest BCUT2D eigenvalue weighted by Gasteiger charge is 2.35. The molecule has 0 radical (unpaired) electrons. The molecule has 7 nitrogen and oxygen atoms in total. The lowest BCUT2D eigenvalue weighted by molar-refractivity contribution is -0.139. The molecule has 3 heterocycles. The second-order valence-corrected chi connectivity index (χ2v) is 9.49. The normalized spacial score (nSPS) is 15.7. The Morgan fingerprint density at radius 1 is 1.11 bits per heavy atom. The zero-order chi connectivity index (χ0) is 25.4. The zero-order valence-corrected chi connectivity index (χ0v) is 21.5. The first kappa shape index (κ1) is 23.8.